The van der Waals surface area contributed by atoms with Crippen LogP contribution in [0.2, 0.25) is 0 Å². The molecule has 2 N–H and O–H groups in total. The molecule has 1 heterocycles. The van der Waals surface area contributed by atoms with Gasteiger partial charge >= 0.3 is 5.97 Å². The van der Waals surface area contributed by atoms with E-state index in [0.717, 1.165) is 0 Å². The predicted octanol–water partition coefficient (Wildman–Crippen LogP) is 0.491. The molecule has 18 heavy (non-hydrogen) atoms. The number of aliphatic hydroxyl groups is 1. The highest BCUT2D eigenvalue weighted by Crippen LogP contribution is 2.27. The van der Waals surface area contributed by atoms with E-state index < -0.39 is 30.4 Å². The van der Waals surface area contributed by atoms with Crippen LogP contribution in [0.15, 0.2) is 22.7 Å². The molecule has 2 rings (SSSR count). The Bertz CT molecular complexity index is 556. The van der Waals surface area contributed by atoms with Gasteiger partial charge in [-0.15, -0.1) is 0 Å². The summed E-state index contributed by atoms with van der Waals surface area (Å²) in [5.41, 5.74) is 0.275. The third kappa shape index (κ3) is 1.81. The van der Waals surface area contributed by atoms with Crippen molar-refractivity contribution in [1.82, 2.24) is 4.90 Å². The number of fused-ring (bicyclic) bond motifs is 1. The molecular formula is C11H8BrNO5. The number of hydrogen-bond acceptors (Lipinski definition) is 4. The third-order valence-electron chi connectivity index (χ3n) is 2.65. The molecule has 1 aliphatic heterocycles. The van der Waals surface area contributed by atoms with Crippen molar-refractivity contribution < 1.29 is 24.6 Å². The van der Waals surface area contributed by atoms with Crippen LogP contribution in [0.25, 0.3) is 0 Å². The second-order valence-electron chi connectivity index (χ2n) is 3.71. The first kappa shape index (κ1) is 12.7. The molecule has 0 spiro atoms. The number of benzene rings is 1. The highest BCUT2D eigenvalue weighted by molar-refractivity contribution is 9.10. The van der Waals surface area contributed by atoms with E-state index in [2.05, 4.69) is 15.9 Å². The van der Waals surface area contributed by atoms with Gasteiger partial charge in [-0.05, 0) is 18.2 Å². The van der Waals surface area contributed by atoms with Crippen LogP contribution in [-0.2, 0) is 4.79 Å². The quantitative estimate of drug-likeness (QED) is 0.792. The van der Waals surface area contributed by atoms with Crippen LogP contribution < -0.4 is 0 Å². The minimum atomic E-state index is -1.56. The maximum absolute atomic E-state index is 12.0. The van der Waals surface area contributed by atoms with E-state index in [1.807, 2.05) is 0 Å². The maximum Gasteiger partial charge on any atom is 0.329 e. The summed E-state index contributed by atoms with van der Waals surface area (Å²) in [5.74, 6) is -2.84. The average Bonchev–Trinajstić information content (AvgIpc) is 2.55. The monoisotopic (exact) mass is 313 g/mol. The average molecular weight is 314 g/mol. The number of carbonyl (C=O) groups excluding carboxylic acids is 2. The van der Waals surface area contributed by atoms with Gasteiger partial charge in [0, 0.05) is 4.47 Å². The number of aliphatic carboxylic acids is 1. The molecule has 1 atom stereocenters. The van der Waals surface area contributed by atoms with Crippen LogP contribution in [-0.4, -0.2) is 45.5 Å². The zero-order chi connectivity index (χ0) is 13.4. The van der Waals surface area contributed by atoms with Gasteiger partial charge in [0.1, 0.15) is 0 Å². The summed E-state index contributed by atoms with van der Waals surface area (Å²) in [6.45, 7) is -0.817. The van der Waals surface area contributed by atoms with Gasteiger partial charge in [0.15, 0.2) is 6.04 Å². The van der Waals surface area contributed by atoms with Crippen LogP contribution in [0.5, 0.6) is 0 Å². The first-order valence-corrected chi connectivity index (χ1v) is 5.77. The van der Waals surface area contributed by atoms with Crippen molar-refractivity contribution >= 4 is 33.7 Å². The summed E-state index contributed by atoms with van der Waals surface area (Å²) in [5, 5.41) is 17.9. The van der Waals surface area contributed by atoms with E-state index in [4.69, 9.17) is 10.2 Å². The summed E-state index contributed by atoms with van der Waals surface area (Å²) in [4.78, 5) is 35.4. The number of carboxylic acid groups (broad SMARTS) is 1. The molecule has 0 radical (unpaired) electrons. The fourth-order valence-electron chi connectivity index (χ4n) is 1.78. The molecule has 1 aliphatic rings. The van der Waals surface area contributed by atoms with Gasteiger partial charge < -0.3 is 10.2 Å². The number of halogens is 1. The number of aliphatic hydroxyl groups excluding tert-OH is 1. The highest BCUT2D eigenvalue weighted by Gasteiger charge is 2.42. The number of carbonyl (C=O) groups is 3. The van der Waals surface area contributed by atoms with Crippen LogP contribution in [0.3, 0.4) is 0 Å². The van der Waals surface area contributed by atoms with Gasteiger partial charge in [0.25, 0.3) is 11.8 Å². The van der Waals surface area contributed by atoms with Gasteiger partial charge in [-0.2, -0.15) is 0 Å². The number of nitrogens with zero attached hydrogens (tertiary/aromatic N) is 1. The topological polar surface area (TPSA) is 94.9 Å². The van der Waals surface area contributed by atoms with Crippen molar-refractivity contribution in [2.45, 2.75) is 6.04 Å². The molecule has 1 aromatic carbocycles. The van der Waals surface area contributed by atoms with Crippen molar-refractivity contribution in [3.63, 3.8) is 0 Å². The third-order valence-corrected chi connectivity index (χ3v) is 3.14. The van der Waals surface area contributed by atoms with Gasteiger partial charge in [0.05, 0.1) is 17.7 Å². The number of carboxylic acids is 1. The summed E-state index contributed by atoms with van der Waals surface area (Å²) >= 11 is 3.17. The van der Waals surface area contributed by atoms with Crippen molar-refractivity contribution in [3.8, 4) is 0 Å². The summed E-state index contributed by atoms with van der Waals surface area (Å²) in [6, 6.07) is 2.92. The highest BCUT2D eigenvalue weighted by atomic mass is 79.9. The molecule has 0 fully saturated rings. The van der Waals surface area contributed by atoms with Gasteiger partial charge in [-0.1, -0.05) is 15.9 Å². The molecule has 0 aliphatic carbocycles. The number of amides is 2. The molecule has 7 heteroatoms. The lowest BCUT2D eigenvalue weighted by molar-refractivity contribution is -0.142. The van der Waals surface area contributed by atoms with E-state index in [-0.39, 0.29) is 11.1 Å². The van der Waals surface area contributed by atoms with E-state index in [0.29, 0.717) is 9.37 Å². The number of hydrogen-bond donors (Lipinski definition) is 2. The zero-order valence-electron chi connectivity index (χ0n) is 8.96. The Morgan fingerprint density at radius 1 is 1.28 bits per heavy atom. The standard InChI is InChI=1S/C11H8BrNO5/c12-5-1-2-6-7(3-5)10(16)13(9(6)15)8(4-14)11(17)18/h1-3,8,14H,4H2,(H,17,18). The second-order valence-corrected chi connectivity index (χ2v) is 4.62. The van der Waals surface area contributed by atoms with Crippen LogP contribution in [0.1, 0.15) is 20.7 Å². The summed E-state index contributed by atoms with van der Waals surface area (Å²) in [7, 11) is 0. The Kier molecular flexibility index (Phi) is 3.18. The van der Waals surface area contributed by atoms with E-state index in [1.54, 1.807) is 6.07 Å². The maximum atomic E-state index is 12.0. The van der Waals surface area contributed by atoms with Crippen molar-refractivity contribution in [1.29, 1.82) is 0 Å². The van der Waals surface area contributed by atoms with Gasteiger partial charge in [-0.3, -0.25) is 14.5 Å². The van der Waals surface area contributed by atoms with Crippen molar-refractivity contribution in [2.24, 2.45) is 0 Å². The second kappa shape index (κ2) is 4.51. The first-order valence-electron chi connectivity index (χ1n) is 4.98. The largest absolute Gasteiger partial charge is 0.480 e. The zero-order valence-corrected chi connectivity index (χ0v) is 10.5. The Hall–Kier alpha value is -1.73. The Labute approximate surface area is 110 Å². The van der Waals surface area contributed by atoms with Gasteiger partial charge in [-0.25, -0.2) is 4.79 Å². The predicted molar refractivity (Wildman–Crippen MR) is 63.2 cm³/mol. The Morgan fingerprint density at radius 2 is 1.89 bits per heavy atom. The lowest BCUT2D eigenvalue weighted by Crippen LogP contribution is -2.47. The van der Waals surface area contributed by atoms with E-state index >= 15 is 0 Å². The first-order chi connectivity index (χ1) is 8.47. The molecule has 0 bridgehead atoms. The van der Waals surface area contributed by atoms with Crippen LogP contribution in [0.4, 0.5) is 0 Å². The number of rotatable bonds is 3. The molecule has 0 saturated heterocycles. The molecule has 0 aromatic heterocycles. The SMILES string of the molecule is O=C(O)C(CO)N1C(=O)c2ccc(Br)cc2C1=O. The molecule has 94 valence electrons. The molecule has 6 nitrogen and oxygen atoms in total. The van der Waals surface area contributed by atoms with E-state index in [9.17, 15) is 14.4 Å². The van der Waals surface area contributed by atoms with Crippen LogP contribution in [0, 0.1) is 0 Å². The Morgan fingerprint density at radius 3 is 2.44 bits per heavy atom. The number of imide groups is 1. The molecular weight excluding hydrogens is 306 g/mol. The molecule has 2 amide bonds. The van der Waals surface area contributed by atoms with Crippen molar-refractivity contribution in [3.05, 3.63) is 33.8 Å². The normalized spacial score (nSPS) is 15.8. The lowest BCUT2D eigenvalue weighted by Gasteiger charge is -2.20. The summed E-state index contributed by atoms with van der Waals surface area (Å²) < 4.78 is 0.611. The minimum Gasteiger partial charge on any atom is -0.480 e. The minimum absolute atomic E-state index is 0.133. The summed E-state index contributed by atoms with van der Waals surface area (Å²) in [6.07, 6.45) is 0. The fraction of sp³-hybridized carbons (Fsp3) is 0.182. The Balaban J connectivity index is 2.48. The van der Waals surface area contributed by atoms with Gasteiger partial charge in [0.2, 0.25) is 0 Å². The van der Waals surface area contributed by atoms with E-state index in [1.165, 1.54) is 12.1 Å². The fourth-order valence-corrected chi connectivity index (χ4v) is 2.15. The molecule has 1 unspecified atom stereocenters. The smallest absolute Gasteiger partial charge is 0.329 e. The lowest BCUT2D eigenvalue weighted by atomic mass is 10.1. The molecule has 1 aromatic rings. The van der Waals surface area contributed by atoms with Crippen LogP contribution >= 0.6 is 15.9 Å². The van der Waals surface area contributed by atoms with Crippen molar-refractivity contribution in [2.75, 3.05) is 6.61 Å². The molecule has 0 saturated carbocycles.